The number of aliphatic carboxylic acids is 1. The molecule has 0 radical (unpaired) electrons. The van der Waals surface area contributed by atoms with E-state index in [1.54, 1.807) is 11.3 Å². The third kappa shape index (κ3) is 2.84. The zero-order valence-corrected chi connectivity index (χ0v) is 13.0. The molecule has 114 valence electrons. The van der Waals surface area contributed by atoms with Gasteiger partial charge in [-0.1, -0.05) is 6.92 Å². The van der Waals surface area contributed by atoms with Crippen molar-refractivity contribution in [3.63, 3.8) is 0 Å². The lowest BCUT2D eigenvalue weighted by molar-refractivity contribution is -0.146. The predicted molar refractivity (Wildman–Crippen MR) is 81.2 cm³/mol. The number of hydrogen-bond donors (Lipinski definition) is 2. The van der Waals surface area contributed by atoms with Crippen LogP contribution in [0.25, 0.3) is 0 Å². The number of nitrogens with one attached hydrogen (secondary N) is 1. The topological polar surface area (TPSA) is 66.4 Å². The van der Waals surface area contributed by atoms with Crippen LogP contribution in [0.4, 0.5) is 0 Å². The van der Waals surface area contributed by atoms with Gasteiger partial charge in [-0.05, 0) is 55.0 Å². The summed E-state index contributed by atoms with van der Waals surface area (Å²) in [6.07, 6.45) is 4.43. The van der Waals surface area contributed by atoms with Crippen LogP contribution in [0.5, 0.6) is 0 Å². The molecule has 1 heterocycles. The van der Waals surface area contributed by atoms with Crippen molar-refractivity contribution in [2.75, 3.05) is 0 Å². The molecule has 0 aromatic carbocycles. The Morgan fingerprint density at radius 2 is 2.10 bits per heavy atom. The fraction of sp³-hybridized carbons (Fsp3) is 0.625. The number of hydrogen-bond acceptors (Lipinski definition) is 3. The first-order valence-electron chi connectivity index (χ1n) is 7.65. The number of carbonyl (C=O) groups excluding carboxylic acids is 1. The summed E-state index contributed by atoms with van der Waals surface area (Å²) in [5.74, 6) is -1.49. The summed E-state index contributed by atoms with van der Waals surface area (Å²) in [6, 6.07) is 2.16. The first-order chi connectivity index (χ1) is 10.1. The second-order valence-corrected chi connectivity index (χ2v) is 7.38. The lowest BCUT2D eigenvalue weighted by Crippen LogP contribution is -2.38. The maximum atomic E-state index is 12.5. The van der Waals surface area contributed by atoms with Crippen molar-refractivity contribution in [3.05, 3.63) is 21.9 Å². The van der Waals surface area contributed by atoms with E-state index in [9.17, 15) is 14.7 Å². The molecule has 1 saturated carbocycles. The largest absolute Gasteiger partial charge is 0.481 e. The molecule has 4 unspecified atom stereocenters. The molecular formula is C16H21NO3S. The molecule has 1 aromatic rings. The number of aryl methyl sites for hydroxylation is 1. The monoisotopic (exact) mass is 307 g/mol. The summed E-state index contributed by atoms with van der Waals surface area (Å²) in [5.41, 5.74) is 1.23. The second-order valence-electron chi connectivity index (χ2n) is 6.38. The Bertz CT molecular complexity index is 553. The Morgan fingerprint density at radius 3 is 2.86 bits per heavy atom. The number of amides is 1. The molecule has 1 amide bonds. The summed E-state index contributed by atoms with van der Waals surface area (Å²) >= 11 is 1.75. The smallest absolute Gasteiger partial charge is 0.307 e. The van der Waals surface area contributed by atoms with E-state index in [0.717, 1.165) is 19.3 Å². The highest BCUT2D eigenvalue weighted by atomic mass is 32.1. The zero-order chi connectivity index (χ0) is 15.0. The summed E-state index contributed by atoms with van der Waals surface area (Å²) in [7, 11) is 0. The van der Waals surface area contributed by atoms with Gasteiger partial charge in [0.1, 0.15) is 0 Å². The second kappa shape index (κ2) is 5.79. The first-order valence-corrected chi connectivity index (χ1v) is 8.53. The van der Waals surface area contributed by atoms with Crippen molar-refractivity contribution in [2.24, 2.45) is 17.8 Å². The molecule has 1 fully saturated rings. The maximum Gasteiger partial charge on any atom is 0.307 e. The van der Waals surface area contributed by atoms with Crippen molar-refractivity contribution < 1.29 is 14.7 Å². The SMILES string of the molecule is CC1CC(C(=O)O)C(C(=O)NC2CCCc3sccc32)C1. The van der Waals surface area contributed by atoms with E-state index in [-0.39, 0.29) is 17.9 Å². The lowest BCUT2D eigenvalue weighted by Gasteiger charge is -2.26. The Hall–Kier alpha value is -1.36. The summed E-state index contributed by atoms with van der Waals surface area (Å²) in [5, 5.41) is 14.5. The van der Waals surface area contributed by atoms with Gasteiger partial charge in [-0.3, -0.25) is 9.59 Å². The molecule has 2 N–H and O–H groups in total. The molecule has 0 spiro atoms. The summed E-state index contributed by atoms with van der Waals surface area (Å²) in [6.45, 7) is 2.03. The Balaban J connectivity index is 1.71. The number of thiophene rings is 1. The highest BCUT2D eigenvalue weighted by molar-refractivity contribution is 7.10. The van der Waals surface area contributed by atoms with E-state index in [4.69, 9.17) is 0 Å². The van der Waals surface area contributed by atoms with Crippen LogP contribution in [0.3, 0.4) is 0 Å². The van der Waals surface area contributed by atoms with Gasteiger partial charge in [-0.2, -0.15) is 0 Å². The summed E-state index contributed by atoms with van der Waals surface area (Å²) < 4.78 is 0. The third-order valence-corrected chi connectivity index (χ3v) is 5.82. The van der Waals surface area contributed by atoms with Gasteiger partial charge in [-0.15, -0.1) is 11.3 Å². The Morgan fingerprint density at radius 1 is 1.33 bits per heavy atom. The van der Waals surface area contributed by atoms with Crippen LogP contribution >= 0.6 is 11.3 Å². The minimum absolute atomic E-state index is 0.0675. The highest BCUT2D eigenvalue weighted by Crippen LogP contribution is 2.38. The average Bonchev–Trinajstić information content (AvgIpc) is 3.05. The van der Waals surface area contributed by atoms with Gasteiger partial charge in [-0.25, -0.2) is 0 Å². The number of carboxylic acid groups (broad SMARTS) is 1. The van der Waals surface area contributed by atoms with E-state index in [2.05, 4.69) is 16.8 Å². The highest BCUT2D eigenvalue weighted by Gasteiger charge is 2.41. The number of rotatable bonds is 3. The van der Waals surface area contributed by atoms with Crippen molar-refractivity contribution >= 4 is 23.2 Å². The predicted octanol–water partition coefficient (Wildman–Crippen LogP) is 2.99. The van der Waals surface area contributed by atoms with E-state index in [0.29, 0.717) is 18.8 Å². The Kier molecular flexibility index (Phi) is 4.02. The third-order valence-electron chi connectivity index (χ3n) is 4.82. The van der Waals surface area contributed by atoms with E-state index in [1.807, 2.05) is 6.92 Å². The minimum Gasteiger partial charge on any atom is -0.481 e. The molecule has 2 aliphatic carbocycles. The molecule has 4 atom stereocenters. The van der Waals surface area contributed by atoms with Crippen molar-refractivity contribution in [3.8, 4) is 0 Å². The average molecular weight is 307 g/mol. The Labute approximate surface area is 128 Å². The fourth-order valence-corrected chi connectivity index (χ4v) is 4.76. The maximum absolute atomic E-state index is 12.5. The van der Waals surface area contributed by atoms with Crippen LogP contribution in [-0.4, -0.2) is 17.0 Å². The van der Waals surface area contributed by atoms with Gasteiger partial charge in [0.25, 0.3) is 0 Å². The van der Waals surface area contributed by atoms with Crippen LogP contribution in [0.15, 0.2) is 11.4 Å². The molecule has 0 saturated heterocycles. The number of carboxylic acids is 1. The molecular weight excluding hydrogens is 286 g/mol. The molecule has 4 nitrogen and oxygen atoms in total. The van der Waals surface area contributed by atoms with Crippen LogP contribution in [-0.2, 0) is 16.0 Å². The number of fused-ring (bicyclic) bond motifs is 1. The summed E-state index contributed by atoms with van der Waals surface area (Å²) in [4.78, 5) is 25.2. The van der Waals surface area contributed by atoms with Gasteiger partial charge in [0.15, 0.2) is 0 Å². The standard InChI is InChI=1S/C16H21NO3S/c1-9-7-11(12(8-9)16(19)20)15(18)17-13-3-2-4-14-10(13)5-6-21-14/h5-6,9,11-13H,2-4,7-8H2,1H3,(H,17,18)(H,19,20). The van der Waals surface area contributed by atoms with Crippen molar-refractivity contribution in [1.82, 2.24) is 5.32 Å². The van der Waals surface area contributed by atoms with E-state index < -0.39 is 11.9 Å². The molecule has 3 rings (SSSR count). The van der Waals surface area contributed by atoms with E-state index in [1.165, 1.54) is 10.4 Å². The number of carbonyl (C=O) groups is 2. The van der Waals surface area contributed by atoms with Crippen LogP contribution in [0.1, 0.15) is 49.1 Å². The first kappa shape index (κ1) is 14.6. The molecule has 21 heavy (non-hydrogen) atoms. The minimum atomic E-state index is -0.834. The van der Waals surface area contributed by atoms with Crippen molar-refractivity contribution in [1.29, 1.82) is 0 Å². The normalized spacial score (nSPS) is 31.7. The van der Waals surface area contributed by atoms with Gasteiger partial charge in [0.2, 0.25) is 5.91 Å². The fourth-order valence-electron chi connectivity index (χ4n) is 3.77. The molecule has 0 bridgehead atoms. The quantitative estimate of drug-likeness (QED) is 0.902. The van der Waals surface area contributed by atoms with E-state index >= 15 is 0 Å². The molecule has 5 heteroatoms. The molecule has 1 aromatic heterocycles. The van der Waals surface area contributed by atoms with Crippen LogP contribution in [0, 0.1) is 17.8 Å². The van der Waals surface area contributed by atoms with Gasteiger partial charge in [0, 0.05) is 4.88 Å². The van der Waals surface area contributed by atoms with Crippen LogP contribution < -0.4 is 5.32 Å². The van der Waals surface area contributed by atoms with Gasteiger partial charge in [0.05, 0.1) is 17.9 Å². The van der Waals surface area contributed by atoms with Crippen LogP contribution in [0.2, 0.25) is 0 Å². The zero-order valence-electron chi connectivity index (χ0n) is 12.2. The molecule has 2 aliphatic rings. The molecule has 0 aliphatic heterocycles. The van der Waals surface area contributed by atoms with Gasteiger partial charge < -0.3 is 10.4 Å². The lowest BCUT2D eigenvalue weighted by atomic mass is 9.91. The van der Waals surface area contributed by atoms with Gasteiger partial charge >= 0.3 is 5.97 Å². The van der Waals surface area contributed by atoms with Crippen molar-refractivity contribution in [2.45, 2.75) is 45.1 Å².